The first-order valence-corrected chi connectivity index (χ1v) is 2.36. The molecule has 0 saturated carbocycles. The van der Waals surface area contributed by atoms with Gasteiger partial charge in [-0.25, -0.2) is 0 Å². The topological polar surface area (TPSA) is 202 Å². The van der Waals surface area contributed by atoms with Crippen molar-refractivity contribution in [3.05, 3.63) is 0 Å². The molecule has 0 aliphatic carbocycles. The van der Waals surface area contributed by atoms with Crippen LogP contribution >= 0.6 is 0 Å². The first-order chi connectivity index (χ1) is 5.20. The molecule has 16 heavy (non-hydrogen) atoms. The van der Waals surface area contributed by atoms with E-state index >= 15 is 0 Å². The van der Waals surface area contributed by atoms with Crippen molar-refractivity contribution in [2.24, 2.45) is 0 Å². The van der Waals surface area contributed by atoms with Crippen LogP contribution in [-0.4, -0.2) is 45.8 Å². The molecule has 0 unspecified atom stereocenters. The molecule has 0 radical (unpaired) electrons. The predicted molar refractivity (Wildman–Crippen MR) is 38.5 cm³/mol. The van der Waals surface area contributed by atoms with Crippen LogP contribution in [-0.2, 0) is 23.1 Å². The molecule has 0 saturated heterocycles. The summed E-state index contributed by atoms with van der Waals surface area (Å²) in [6.07, 6.45) is 0. The van der Waals surface area contributed by atoms with Crippen LogP contribution in [0.15, 0.2) is 0 Å². The summed E-state index contributed by atoms with van der Waals surface area (Å²) in [5.74, 6) is 0. The van der Waals surface area contributed by atoms with Crippen LogP contribution in [0.2, 0.25) is 0 Å². The molecule has 0 bridgehead atoms. The van der Waals surface area contributed by atoms with Crippen molar-refractivity contribution in [2.75, 3.05) is 0 Å². The molecule has 0 aromatic heterocycles. The Balaban J connectivity index is -0.0000000500. The van der Waals surface area contributed by atoms with Crippen molar-refractivity contribution in [1.29, 1.82) is 0 Å². The SMILES string of the molecule is O.O.O.O=BOB([O-])OB([O-])OB=O.[Li+].[Li+]. The van der Waals surface area contributed by atoms with Gasteiger partial charge in [-0.05, 0) is 0 Å². The Morgan fingerprint density at radius 1 is 0.812 bits per heavy atom. The van der Waals surface area contributed by atoms with Crippen LogP contribution in [0, 0.1) is 0 Å². The molecule has 0 heterocycles. The van der Waals surface area contributed by atoms with E-state index in [1.165, 1.54) is 0 Å². The standard InChI is InChI=1S/B4O7.2Li.3H2O/c5-1-9-3(7)11-4(8)10-2-6;;;;;/h;;;3*1H2/q-2;2*+1;;;. The van der Waals surface area contributed by atoms with Gasteiger partial charge in [-0.1, -0.05) is 0 Å². The van der Waals surface area contributed by atoms with Crippen molar-refractivity contribution >= 4 is 29.3 Å². The molecule has 0 rings (SSSR count). The van der Waals surface area contributed by atoms with Crippen LogP contribution in [0.3, 0.4) is 0 Å². The van der Waals surface area contributed by atoms with Crippen LogP contribution < -0.4 is 47.8 Å². The fourth-order valence-electron chi connectivity index (χ4n) is 0.246. The summed E-state index contributed by atoms with van der Waals surface area (Å²) >= 11 is 0. The van der Waals surface area contributed by atoms with E-state index in [0.29, 0.717) is 0 Å². The number of hydrogen-bond acceptors (Lipinski definition) is 7. The van der Waals surface area contributed by atoms with Crippen molar-refractivity contribution in [3.63, 3.8) is 0 Å². The fourth-order valence-corrected chi connectivity index (χ4v) is 0.246. The molecule has 0 amide bonds. The average molecular weight is 223 g/mol. The molecular formula is H6B4Li2O10. The smallest absolute Gasteiger partial charge is 1.00 e. The fraction of sp³-hybridized carbons (Fsp3) is 0. The normalized spacial score (nSPS) is 5.12. The summed E-state index contributed by atoms with van der Waals surface area (Å²) in [6, 6.07) is 0. The largest absolute Gasteiger partial charge is 1.00 e. The maximum atomic E-state index is 10.1. The predicted octanol–water partition coefficient (Wildman–Crippen LogP) is -12.8. The summed E-state index contributed by atoms with van der Waals surface area (Å²) in [4.78, 5) is 0. The molecule has 0 atom stereocenters. The van der Waals surface area contributed by atoms with Gasteiger partial charge in [-0.15, -0.1) is 0 Å². The molecule has 80 valence electrons. The summed E-state index contributed by atoms with van der Waals surface area (Å²) in [5.41, 5.74) is 0. The van der Waals surface area contributed by atoms with Gasteiger partial charge in [0.25, 0.3) is 0 Å². The zero-order valence-electron chi connectivity index (χ0n) is 8.67. The van der Waals surface area contributed by atoms with Gasteiger partial charge < -0.3 is 16.4 Å². The van der Waals surface area contributed by atoms with Crippen LogP contribution in [0.1, 0.15) is 0 Å². The van der Waals surface area contributed by atoms with E-state index in [1.807, 2.05) is 0 Å². The van der Waals surface area contributed by atoms with E-state index in [2.05, 4.69) is 13.7 Å². The first-order valence-electron chi connectivity index (χ1n) is 2.36. The number of rotatable bonds is 6. The second-order valence-corrected chi connectivity index (χ2v) is 1.18. The van der Waals surface area contributed by atoms with Gasteiger partial charge in [0, 0.05) is 0 Å². The molecule has 0 spiro atoms. The van der Waals surface area contributed by atoms with Gasteiger partial charge in [-0.3, -0.25) is 0 Å². The van der Waals surface area contributed by atoms with Gasteiger partial charge >= 0.3 is 100 Å². The Morgan fingerprint density at radius 2 is 1.06 bits per heavy atom. The second kappa shape index (κ2) is 24.6. The summed E-state index contributed by atoms with van der Waals surface area (Å²) in [5, 5.41) is 20.3. The second-order valence-electron chi connectivity index (χ2n) is 1.18. The quantitative estimate of drug-likeness (QED) is 0.397. The van der Waals surface area contributed by atoms with E-state index < -0.39 is 14.6 Å². The molecule has 0 aliphatic heterocycles. The Bertz CT molecular complexity index is 120. The zero-order chi connectivity index (χ0) is 8.69. The molecule has 0 fully saturated rings. The van der Waals surface area contributed by atoms with Gasteiger partial charge in [-0.2, -0.15) is 0 Å². The summed E-state index contributed by atoms with van der Waals surface area (Å²) in [6.45, 7) is 0. The maximum Gasteiger partial charge on any atom is 1.00 e. The van der Waals surface area contributed by atoms with Gasteiger partial charge in [0.2, 0.25) is 0 Å². The Kier molecular flexibility index (Phi) is 55.2. The third kappa shape index (κ3) is 23.9. The van der Waals surface area contributed by atoms with E-state index in [9.17, 15) is 19.5 Å². The maximum absolute atomic E-state index is 10.1. The molecule has 0 aromatic carbocycles. The van der Waals surface area contributed by atoms with Gasteiger partial charge in [0.15, 0.2) is 0 Å². The molecular weight excluding hydrogens is 217 g/mol. The van der Waals surface area contributed by atoms with Crippen molar-refractivity contribution in [2.45, 2.75) is 0 Å². The molecule has 10 nitrogen and oxygen atoms in total. The average Bonchev–Trinajstić information content (AvgIpc) is 1.87. The van der Waals surface area contributed by atoms with E-state index in [-0.39, 0.29) is 68.9 Å². The minimum atomic E-state index is -2.27. The Morgan fingerprint density at radius 3 is 1.25 bits per heavy atom. The minimum Gasteiger partial charge on any atom is 1.00 e. The number of hydrogen-bond donors (Lipinski definition) is 0. The van der Waals surface area contributed by atoms with Crippen LogP contribution in [0.5, 0.6) is 0 Å². The Hall–Kier alpha value is 0.415. The van der Waals surface area contributed by atoms with Crippen LogP contribution in [0.4, 0.5) is 0 Å². The van der Waals surface area contributed by atoms with Crippen molar-refractivity contribution < 1.29 is 87.3 Å². The zero-order valence-corrected chi connectivity index (χ0v) is 8.67. The third-order valence-electron chi connectivity index (χ3n) is 0.556. The summed E-state index contributed by atoms with van der Waals surface area (Å²) < 4.78 is 29.8. The van der Waals surface area contributed by atoms with Crippen molar-refractivity contribution in [3.8, 4) is 0 Å². The molecule has 0 aliphatic rings. The van der Waals surface area contributed by atoms with E-state index in [0.717, 1.165) is 0 Å². The van der Waals surface area contributed by atoms with Crippen molar-refractivity contribution in [1.82, 2.24) is 0 Å². The molecule has 16 heteroatoms. The molecule has 6 N–H and O–H groups in total. The summed E-state index contributed by atoms with van der Waals surface area (Å²) in [7, 11) is -4.92. The van der Waals surface area contributed by atoms with Crippen LogP contribution in [0.25, 0.3) is 0 Å². The van der Waals surface area contributed by atoms with E-state index in [1.54, 1.807) is 0 Å². The Labute approximate surface area is 117 Å². The molecule has 0 aromatic rings. The third-order valence-corrected chi connectivity index (χ3v) is 0.556. The monoisotopic (exact) mass is 224 g/mol. The van der Waals surface area contributed by atoms with E-state index in [4.69, 9.17) is 0 Å². The van der Waals surface area contributed by atoms with Gasteiger partial charge in [0.1, 0.15) is 0 Å². The van der Waals surface area contributed by atoms with Gasteiger partial charge in [0.05, 0.1) is 0 Å². The first kappa shape index (κ1) is 36.0. The minimum absolute atomic E-state index is 0.